The fourth-order valence-electron chi connectivity index (χ4n) is 1.13. The molecular weight excluding hydrogens is 186 g/mol. The highest BCUT2D eigenvalue weighted by molar-refractivity contribution is 7.09. The number of anilines is 1. The van der Waals surface area contributed by atoms with Gasteiger partial charge in [-0.2, -0.15) is 4.37 Å². The van der Waals surface area contributed by atoms with E-state index in [-0.39, 0.29) is 6.61 Å². The number of hydrogen-bond acceptors (Lipinski definition) is 5. The van der Waals surface area contributed by atoms with Crippen molar-refractivity contribution in [2.24, 2.45) is 0 Å². The van der Waals surface area contributed by atoms with Gasteiger partial charge in [0.15, 0.2) is 0 Å². The lowest BCUT2D eigenvalue weighted by Gasteiger charge is -2.11. The van der Waals surface area contributed by atoms with Crippen LogP contribution < -0.4 is 4.90 Å². The number of aliphatic hydroxyl groups is 1. The number of nitrogens with zero attached hydrogens (tertiary/aromatic N) is 3. The second-order valence-electron chi connectivity index (χ2n) is 3.35. The summed E-state index contributed by atoms with van der Waals surface area (Å²) < 4.78 is 4.29. The normalized spacial score (nSPS) is 16.2. The average molecular weight is 199 g/mol. The molecule has 1 saturated carbocycles. The Balaban J connectivity index is 2.03. The van der Waals surface area contributed by atoms with Crippen LogP contribution >= 0.6 is 11.5 Å². The Kier molecular flexibility index (Phi) is 2.46. The molecule has 1 aromatic heterocycles. The molecule has 2 rings (SSSR count). The smallest absolute Gasteiger partial charge is 0.205 e. The molecule has 1 aliphatic carbocycles. The SMILES string of the molecule is CN(CCO)c1nc(C2CC2)ns1. The van der Waals surface area contributed by atoms with Crippen molar-refractivity contribution < 1.29 is 5.11 Å². The largest absolute Gasteiger partial charge is 0.395 e. The molecule has 0 bridgehead atoms. The third-order valence-electron chi connectivity index (χ3n) is 2.14. The zero-order chi connectivity index (χ0) is 9.26. The van der Waals surface area contributed by atoms with Gasteiger partial charge in [-0.05, 0) is 12.8 Å². The van der Waals surface area contributed by atoms with E-state index in [4.69, 9.17) is 5.11 Å². The van der Waals surface area contributed by atoms with Gasteiger partial charge in [0.25, 0.3) is 0 Å². The van der Waals surface area contributed by atoms with E-state index in [0.717, 1.165) is 11.0 Å². The molecule has 1 N–H and O–H groups in total. The zero-order valence-corrected chi connectivity index (χ0v) is 8.42. The van der Waals surface area contributed by atoms with Gasteiger partial charge in [0, 0.05) is 31.0 Å². The molecule has 0 aromatic carbocycles. The first-order chi connectivity index (χ1) is 6.31. The predicted octanol–water partition coefficient (Wildman–Crippen LogP) is 0.844. The standard InChI is InChI=1S/C8H13N3OS/c1-11(4-5-12)8-9-7(10-13-8)6-2-3-6/h6,12H,2-5H2,1H3. The second-order valence-corrected chi connectivity index (χ2v) is 4.08. The molecule has 13 heavy (non-hydrogen) atoms. The van der Waals surface area contributed by atoms with Gasteiger partial charge in [-0.3, -0.25) is 0 Å². The molecule has 5 heteroatoms. The van der Waals surface area contributed by atoms with Crippen LogP contribution in [0.4, 0.5) is 5.13 Å². The number of aromatic nitrogens is 2. The first-order valence-corrected chi connectivity index (χ1v) is 5.24. The van der Waals surface area contributed by atoms with Crippen LogP contribution in [0.25, 0.3) is 0 Å². The van der Waals surface area contributed by atoms with Crippen molar-refractivity contribution in [1.82, 2.24) is 9.36 Å². The maximum absolute atomic E-state index is 8.74. The molecule has 1 fully saturated rings. The Bertz CT molecular complexity index is 285. The number of rotatable bonds is 4. The Morgan fingerprint density at radius 1 is 1.62 bits per heavy atom. The quantitative estimate of drug-likeness (QED) is 0.781. The molecule has 0 radical (unpaired) electrons. The summed E-state index contributed by atoms with van der Waals surface area (Å²) in [6, 6.07) is 0. The fraction of sp³-hybridized carbons (Fsp3) is 0.750. The van der Waals surface area contributed by atoms with Crippen molar-refractivity contribution in [3.8, 4) is 0 Å². The van der Waals surface area contributed by atoms with Crippen molar-refractivity contribution in [3.05, 3.63) is 5.82 Å². The Labute approximate surface area is 81.4 Å². The summed E-state index contributed by atoms with van der Waals surface area (Å²) in [5.74, 6) is 1.61. The maximum Gasteiger partial charge on any atom is 0.205 e. The van der Waals surface area contributed by atoms with Gasteiger partial charge < -0.3 is 10.0 Å². The lowest BCUT2D eigenvalue weighted by Crippen LogP contribution is -2.20. The maximum atomic E-state index is 8.74. The summed E-state index contributed by atoms with van der Waals surface area (Å²) in [6.07, 6.45) is 2.47. The molecule has 0 saturated heterocycles. The van der Waals surface area contributed by atoms with Crippen molar-refractivity contribution in [3.63, 3.8) is 0 Å². The third kappa shape index (κ3) is 1.97. The Morgan fingerprint density at radius 2 is 2.38 bits per heavy atom. The van der Waals surface area contributed by atoms with Crippen LogP contribution in [0.2, 0.25) is 0 Å². The lowest BCUT2D eigenvalue weighted by molar-refractivity contribution is 0.304. The van der Waals surface area contributed by atoms with Crippen molar-refractivity contribution in [2.75, 3.05) is 25.1 Å². The summed E-state index contributed by atoms with van der Waals surface area (Å²) in [5.41, 5.74) is 0. The van der Waals surface area contributed by atoms with Gasteiger partial charge in [-0.1, -0.05) is 0 Å². The molecule has 0 atom stereocenters. The average Bonchev–Trinajstić information content (AvgIpc) is 2.84. The van der Waals surface area contributed by atoms with Crippen LogP contribution in [0.1, 0.15) is 24.6 Å². The molecule has 0 amide bonds. The van der Waals surface area contributed by atoms with Gasteiger partial charge in [-0.25, -0.2) is 4.98 Å². The van der Waals surface area contributed by atoms with Gasteiger partial charge in [0.05, 0.1) is 6.61 Å². The summed E-state index contributed by atoms with van der Waals surface area (Å²) >= 11 is 1.42. The lowest BCUT2D eigenvalue weighted by atomic mass is 10.4. The fourth-order valence-corrected chi connectivity index (χ4v) is 1.86. The molecule has 1 aromatic rings. The van der Waals surface area contributed by atoms with Gasteiger partial charge in [-0.15, -0.1) is 0 Å². The minimum Gasteiger partial charge on any atom is -0.395 e. The highest BCUT2D eigenvalue weighted by atomic mass is 32.1. The third-order valence-corrected chi connectivity index (χ3v) is 2.98. The van der Waals surface area contributed by atoms with E-state index < -0.39 is 0 Å². The number of likely N-dealkylation sites (N-methyl/N-ethyl adjacent to an activating group) is 1. The van der Waals surface area contributed by atoms with Crippen LogP contribution in [0, 0.1) is 0 Å². The number of aliphatic hydroxyl groups excluding tert-OH is 1. The van der Waals surface area contributed by atoms with E-state index in [2.05, 4.69) is 9.36 Å². The number of hydrogen-bond donors (Lipinski definition) is 1. The molecule has 0 unspecified atom stereocenters. The Morgan fingerprint density at radius 3 is 3.00 bits per heavy atom. The van der Waals surface area contributed by atoms with Crippen LogP contribution in [0.15, 0.2) is 0 Å². The molecule has 1 heterocycles. The second kappa shape index (κ2) is 3.59. The van der Waals surface area contributed by atoms with E-state index in [0.29, 0.717) is 12.5 Å². The first kappa shape index (κ1) is 8.90. The summed E-state index contributed by atoms with van der Waals surface area (Å²) in [7, 11) is 1.92. The molecular formula is C8H13N3OS. The summed E-state index contributed by atoms with van der Waals surface area (Å²) in [4.78, 5) is 6.35. The minimum absolute atomic E-state index is 0.162. The molecule has 72 valence electrons. The summed E-state index contributed by atoms with van der Waals surface area (Å²) in [5, 5.41) is 9.65. The van der Waals surface area contributed by atoms with Crippen molar-refractivity contribution >= 4 is 16.7 Å². The minimum atomic E-state index is 0.162. The summed E-state index contributed by atoms with van der Waals surface area (Å²) in [6.45, 7) is 0.786. The molecule has 1 aliphatic rings. The van der Waals surface area contributed by atoms with Crippen molar-refractivity contribution in [2.45, 2.75) is 18.8 Å². The van der Waals surface area contributed by atoms with E-state index in [1.807, 2.05) is 11.9 Å². The van der Waals surface area contributed by atoms with Gasteiger partial charge >= 0.3 is 0 Å². The monoisotopic (exact) mass is 199 g/mol. The van der Waals surface area contributed by atoms with Gasteiger partial charge in [0.2, 0.25) is 5.13 Å². The highest BCUT2D eigenvalue weighted by Gasteiger charge is 2.28. The predicted molar refractivity (Wildman–Crippen MR) is 52.2 cm³/mol. The van der Waals surface area contributed by atoms with E-state index >= 15 is 0 Å². The van der Waals surface area contributed by atoms with Crippen molar-refractivity contribution in [1.29, 1.82) is 0 Å². The van der Waals surface area contributed by atoms with Crippen LogP contribution in [-0.4, -0.2) is 34.7 Å². The highest BCUT2D eigenvalue weighted by Crippen LogP contribution is 2.39. The Hall–Kier alpha value is -0.680. The zero-order valence-electron chi connectivity index (χ0n) is 7.60. The first-order valence-electron chi connectivity index (χ1n) is 4.47. The molecule has 0 aliphatic heterocycles. The topological polar surface area (TPSA) is 49.2 Å². The van der Waals surface area contributed by atoms with E-state index in [1.165, 1.54) is 24.4 Å². The van der Waals surface area contributed by atoms with E-state index in [1.54, 1.807) is 0 Å². The van der Waals surface area contributed by atoms with Crippen LogP contribution in [-0.2, 0) is 0 Å². The van der Waals surface area contributed by atoms with E-state index in [9.17, 15) is 0 Å². The van der Waals surface area contributed by atoms with Crippen LogP contribution in [0.5, 0.6) is 0 Å². The molecule has 4 nitrogen and oxygen atoms in total. The van der Waals surface area contributed by atoms with Gasteiger partial charge in [0.1, 0.15) is 5.82 Å². The molecule has 0 spiro atoms. The van der Waals surface area contributed by atoms with Crippen LogP contribution in [0.3, 0.4) is 0 Å².